The summed E-state index contributed by atoms with van der Waals surface area (Å²) in [5.41, 5.74) is 2.83. The summed E-state index contributed by atoms with van der Waals surface area (Å²) in [6.45, 7) is 12.2. The molecular weight excluding hydrogens is 370 g/mol. The molecule has 0 aromatic carbocycles. The number of oxime groups is 1. The maximum atomic E-state index is 10.3. The van der Waals surface area contributed by atoms with Crippen LogP contribution in [-0.2, 0) is 0 Å². The number of aliphatic hydroxyl groups is 1. The molecule has 3 nitrogen and oxygen atoms in total. The lowest BCUT2D eigenvalue weighted by Crippen LogP contribution is -2.53. The first kappa shape index (κ1) is 22.4. The number of aliphatic hydroxyl groups excluding tert-OH is 1. The average Bonchev–Trinajstić information content (AvgIpc) is 3.05. The van der Waals surface area contributed by atoms with Gasteiger partial charge in [-0.1, -0.05) is 64.6 Å². The molecule has 0 spiro atoms. The smallest absolute Gasteiger partial charge is 0.0832 e. The second kappa shape index (κ2) is 8.26. The van der Waals surface area contributed by atoms with Gasteiger partial charge >= 0.3 is 0 Å². The second-order valence-electron chi connectivity index (χ2n) is 12.3. The first-order valence-electron chi connectivity index (χ1n) is 12.8. The van der Waals surface area contributed by atoms with Crippen LogP contribution in [-0.4, -0.2) is 22.1 Å². The Labute approximate surface area is 184 Å². The quantitative estimate of drug-likeness (QED) is 0.382. The summed E-state index contributed by atoms with van der Waals surface area (Å²) in [5, 5.41) is 24.1. The molecule has 2 N–H and O–H groups in total. The third kappa shape index (κ3) is 3.57. The monoisotopic (exact) mass is 415 g/mol. The van der Waals surface area contributed by atoms with Gasteiger partial charge in [0.05, 0.1) is 11.8 Å². The zero-order valence-corrected chi connectivity index (χ0v) is 20.0. The lowest BCUT2D eigenvalue weighted by Gasteiger charge is -2.58. The van der Waals surface area contributed by atoms with Gasteiger partial charge < -0.3 is 10.3 Å². The molecule has 0 aromatic heterocycles. The molecule has 3 fully saturated rings. The summed E-state index contributed by atoms with van der Waals surface area (Å²) in [7, 11) is 0. The Morgan fingerprint density at radius 2 is 1.80 bits per heavy atom. The molecular formula is C27H45NO2. The summed E-state index contributed by atoms with van der Waals surface area (Å²) in [5.74, 6) is 4.01. The first-order chi connectivity index (χ1) is 14.2. The standard InChI is InChI=1S/C27H45NO2/c1-17(2)7-6-8-18(3)21-9-10-22-25-23(12-14-27(21,22)5)26(4)13-11-20(29)15-19(26)16-24(25)28-30/h16-18,20-23,25,29-30H,6-15H2,1-5H3/b28-24-/t18-,20+,21-,22+,23+,25+,26+,27-/m1/s1. The van der Waals surface area contributed by atoms with Crippen LogP contribution in [0.4, 0.5) is 0 Å². The molecule has 30 heavy (non-hydrogen) atoms. The minimum atomic E-state index is -0.225. The minimum absolute atomic E-state index is 0.181. The molecule has 0 radical (unpaired) electrons. The van der Waals surface area contributed by atoms with E-state index < -0.39 is 0 Å². The molecule has 0 heterocycles. The van der Waals surface area contributed by atoms with Crippen molar-refractivity contribution in [2.24, 2.45) is 51.5 Å². The van der Waals surface area contributed by atoms with Crippen LogP contribution in [0.2, 0.25) is 0 Å². The number of rotatable bonds is 5. The molecule has 4 aliphatic rings. The Bertz CT molecular complexity index is 697. The van der Waals surface area contributed by atoms with E-state index in [2.05, 4.69) is 45.9 Å². The highest BCUT2D eigenvalue weighted by Crippen LogP contribution is 2.66. The van der Waals surface area contributed by atoms with Crippen molar-refractivity contribution in [2.45, 2.75) is 105 Å². The normalized spacial score (nSPS) is 45.6. The molecule has 0 bridgehead atoms. The topological polar surface area (TPSA) is 52.8 Å². The second-order valence-corrected chi connectivity index (χ2v) is 12.3. The summed E-state index contributed by atoms with van der Waals surface area (Å²) < 4.78 is 0. The Balaban J connectivity index is 1.58. The van der Waals surface area contributed by atoms with Crippen molar-refractivity contribution in [1.82, 2.24) is 0 Å². The van der Waals surface area contributed by atoms with Crippen LogP contribution < -0.4 is 0 Å². The number of allylic oxidation sites excluding steroid dienone is 1. The maximum absolute atomic E-state index is 10.3. The van der Waals surface area contributed by atoms with E-state index in [1.807, 2.05) is 0 Å². The molecule has 0 aromatic rings. The van der Waals surface area contributed by atoms with Crippen LogP contribution in [0.5, 0.6) is 0 Å². The van der Waals surface area contributed by atoms with Gasteiger partial charge in [-0.15, -0.1) is 0 Å². The van der Waals surface area contributed by atoms with Crippen molar-refractivity contribution in [1.29, 1.82) is 0 Å². The van der Waals surface area contributed by atoms with E-state index >= 15 is 0 Å². The summed E-state index contributed by atoms with van der Waals surface area (Å²) in [6, 6.07) is 0. The van der Waals surface area contributed by atoms with Gasteiger partial charge in [0, 0.05) is 5.92 Å². The SMILES string of the molecule is CC(C)CCC[C@@H](C)[C@H]1CC[C@H]2[C@@H]3/C(=N\O)C=C4C[C@@H](O)CC[C@]4(C)[C@H]3CC[C@]12C. The summed E-state index contributed by atoms with van der Waals surface area (Å²) in [4.78, 5) is 0. The molecule has 0 aliphatic heterocycles. The Kier molecular flexibility index (Phi) is 6.16. The van der Waals surface area contributed by atoms with Crippen LogP contribution >= 0.6 is 0 Å². The third-order valence-electron chi connectivity index (χ3n) is 10.3. The highest BCUT2D eigenvalue weighted by molar-refractivity contribution is 5.99. The van der Waals surface area contributed by atoms with Gasteiger partial charge in [-0.3, -0.25) is 0 Å². The fraction of sp³-hybridized carbons (Fsp3) is 0.889. The third-order valence-corrected chi connectivity index (χ3v) is 10.3. The van der Waals surface area contributed by atoms with E-state index in [0.29, 0.717) is 23.2 Å². The summed E-state index contributed by atoms with van der Waals surface area (Å²) in [6.07, 6.45) is 14.0. The molecule has 4 rings (SSSR count). The molecule has 170 valence electrons. The fourth-order valence-electron chi connectivity index (χ4n) is 8.53. The first-order valence-corrected chi connectivity index (χ1v) is 12.8. The molecule has 0 unspecified atom stereocenters. The highest BCUT2D eigenvalue weighted by Gasteiger charge is 2.60. The fourth-order valence-corrected chi connectivity index (χ4v) is 8.53. The van der Waals surface area contributed by atoms with E-state index in [1.165, 1.54) is 50.5 Å². The number of hydrogen-bond donors (Lipinski definition) is 2. The molecule has 0 saturated heterocycles. The van der Waals surface area contributed by atoms with Crippen molar-refractivity contribution in [3.05, 3.63) is 11.6 Å². The Morgan fingerprint density at radius 3 is 2.50 bits per heavy atom. The molecule has 8 atom stereocenters. The van der Waals surface area contributed by atoms with Gasteiger partial charge in [0.15, 0.2) is 0 Å². The number of hydrogen-bond acceptors (Lipinski definition) is 3. The summed E-state index contributed by atoms with van der Waals surface area (Å²) >= 11 is 0. The molecule has 4 aliphatic carbocycles. The van der Waals surface area contributed by atoms with Gasteiger partial charge in [0.25, 0.3) is 0 Å². The largest absolute Gasteiger partial charge is 0.411 e. The van der Waals surface area contributed by atoms with Crippen molar-refractivity contribution in [3.8, 4) is 0 Å². The predicted molar refractivity (Wildman–Crippen MR) is 124 cm³/mol. The van der Waals surface area contributed by atoms with Crippen LogP contribution in [0.15, 0.2) is 16.8 Å². The lowest BCUT2D eigenvalue weighted by molar-refractivity contribution is -0.0309. The van der Waals surface area contributed by atoms with Crippen LogP contribution in [0.25, 0.3) is 0 Å². The Morgan fingerprint density at radius 1 is 1.03 bits per heavy atom. The van der Waals surface area contributed by atoms with Crippen LogP contribution in [0.1, 0.15) is 98.8 Å². The highest BCUT2D eigenvalue weighted by atomic mass is 16.4. The molecule has 3 saturated carbocycles. The van der Waals surface area contributed by atoms with Gasteiger partial charge in [-0.2, -0.15) is 0 Å². The minimum Gasteiger partial charge on any atom is -0.411 e. The Hall–Kier alpha value is -0.830. The van der Waals surface area contributed by atoms with Gasteiger partial charge in [0.1, 0.15) is 0 Å². The number of nitrogens with zero attached hydrogens (tertiary/aromatic N) is 1. The van der Waals surface area contributed by atoms with E-state index in [4.69, 9.17) is 0 Å². The van der Waals surface area contributed by atoms with Gasteiger partial charge in [-0.25, -0.2) is 0 Å². The van der Waals surface area contributed by atoms with E-state index in [0.717, 1.165) is 42.7 Å². The van der Waals surface area contributed by atoms with E-state index in [-0.39, 0.29) is 11.5 Å². The van der Waals surface area contributed by atoms with Crippen molar-refractivity contribution in [2.75, 3.05) is 0 Å². The average molecular weight is 416 g/mol. The van der Waals surface area contributed by atoms with Crippen LogP contribution in [0, 0.1) is 46.3 Å². The van der Waals surface area contributed by atoms with Crippen molar-refractivity contribution >= 4 is 5.71 Å². The zero-order chi connectivity index (χ0) is 21.7. The van der Waals surface area contributed by atoms with Crippen LogP contribution in [0.3, 0.4) is 0 Å². The van der Waals surface area contributed by atoms with Gasteiger partial charge in [-0.05, 0) is 91.4 Å². The lowest BCUT2D eigenvalue weighted by atomic mass is 9.46. The van der Waals surface area contributed by atoms with E-state index in [1.54, 1.807) is 0 Å². The number of fused-ring (bicyclic) bond motifs is 5. The van der Waals surface area contributed by atoms with Gasteiger partial charge in [0.2, 0.25) is 0 Å². The van der Waals surface area contributed by atoms with Crippen molar-refractivity contribution in [3.63, 3.8) is 0 Å². The molecule has 3 heteroatoms. The maximum Gasteiger partial charge on any atom is 0.0832 e. The molecule has 0 amide bonds. The van der Waals surface area contributed by atoms with Crippen molar-refractivity contribution < 1.29 is 10.3 Å². The predicted octanol–water partition coefficient (Wildman–Crippen LogP) is 6.83. The van der Waals surface area contributed by atoms with E-state index in [9.17, 15) is 10.3 Å². The zero-order valence-electron chi connectivity index (χ0n) is 20.0.